The Morgan fingerprint density at radius 2 is 2.05 bits per heavy atom. The summed E-state index contributed by atoms with van der Waals surface area (Å²) in [5.41, 5.74) is 9.26. The standard InChI is InChI=1S/C14H10BrN5/c15-10-7-12-13(18-8-10)20(14(17)19-12)11-3-1-9(2-4-11)5-6-16/h1-4,7-8H,5H2,(H2,17,19). The molecule has 0 radical (unpaired) electrons. The molecule has 6 heteroatoms. The van der Waals surface area contributed by atoms with E-state index in [1.54, 1.807) is 10.8 Å². The van der Waals surface area contributed by atoms with Crippen molar-refractivity contribution in [2.24, 2.45) is 0 Å². The molecule has 2 N–H and O–H groups in total. The third-order valence-electron chi connectivity index (χ3n) is 2.97. The van der Waals surface area contributed by atoms with E-state index in [2.05, 4.69) is 32.0 Å². The van der Waals surface area contributed by atoms with Gasteiger partial charge >= 0.3 is 0 Å². The summed E-state index contributed by atoms with van der Waals surface area (Å²) < 4.78 is 2.65. The van der Waals surface area contributed by atoms with Crippen molar-refractivity contribution < 1.29 is 0 Å². The molecule has 0 atom stereocenters. The van der Waals surface area contributed by atoms with Gasteiger partial charge in [-0.05, 0) is 39.7 Å². The summed E-state index contributed by atoms with van der Waals surface area (Å²) >= 11 is 3.37. The van der Waals surface area contributed by atoms with Crippen molar-refractivity contribution in [3.63, 3.8) is 0 Å². The van der Waals surface area contributed by atoms with E-state index in [1.807, 2.05) is 30.3 Å². The number of rotatable bonds is 2. The molecule has 0 bridgehead atoms. The van der Waals surface area contributed by atoms with Gasteiger partial charge in [0.25, 0.3) is 0 Å². The van der Waals surface area contributed by atoms with Crippen LogP contribution in [0.15, 0.2) is 41.0 Å². The van der Waals surface area contributed by atoms with Crippen LogP contribution in [0.2, 0.25) is 0 Å². The maximum absolute atomic E-state index is 8.68. The lowest BCUT2D eigenvalue weighted by Crippen LogP contribution is -2.01. The van der Waals surface area contributed by atoms with Crippen LogP contribution in [0.5, 0.6) is 0 Å². The number of fused-ring (bicyclic) bond motifs is 1. The van der Waals surface area contributed by atoms with Crippen LogP contribution in [0.4, 0.5) is 5.95 Å². The van der Waals surface area contributed by atoms with Gasteiger partial charge in [-0.2, -0.15) is 5.26 Å². The SMILES string of the molecule is N#CCc1ccc(-n2c(N)nc3cc(Br)cnc32)cc1. The molecular weight excluding hydrogens is 318 g/mol. The van der Waals surface area contributed by atoms with Crippen LogP contribution in [-0.2, 0) is 6.42 Å². The first-order valence-electron chi connectivity index (χ1n) is 5.95. The summed E-state index contributed by atoms with van der Waals surface area (Å²) in [5.74, 6) is 0.388. The van der Waals surface area contributed by atoms with Crippen molar-refractivity contribution >= 4 is 33.0 Å². The minimum Gasteiger partial charge on any atom is -0.369 e. The smallest absolute Gasteiger partial charge is 0.207 e. The summed E-state index contributed by atoms with van der Waals surface area (Å²) in [6.07, 6.45) is 2.11. The zero-order chi connectivity index (χ0) is 14.1. The van der Waals surface area contributed by atoms with Gasteiger partial charge in [0.05, 0.1) is 18.2 Å². The van der Waals surface area contributed by atoms with E-state index < -0.39 is 0 Å². The molecule has 0 saturated carbocycles. The minimum absolute atomic E-state index is 0.388. The van der Waals surface area contributed by atoms with E-state index in [-0.39, 0.29) is 0 Å². The van der Waals surface area contributed by atoms with Gasteiger partial charge in [0.1, 0.15) is 5.52 Å². The Morgan fingerprint density at radius 3 is 2.75 bits per heavy atom. The first kappa shape index (κ1) is 12.6. The third-order valence-corrected chi connectivity index (χ3v) is 3.40. The molecule has 2 heterocycles. The number of nitrogens with zero attached hydrogens (tertiary/aromatic N) is 4. The highest BCUT2D eigenvalue weighted by molar-refractivity contribution is 9.10. The van der Waals surface area contributed by atoms with E-state index in [9.17, 15) is 0 Å². The number of hydrogen-bond acceptors (Lipinski definition) is 4. The fourth-order valence-electron chi connectivity index (χ4n) is 2.07. The van der Waals surface area contributed by atoms with Crippen molar-refractivity contribution in [3.05, 3.63) is 46.6 Å². The average Bonchev–Trinajstić information content (AvgIpc) is 2.75. The van der Waals surface area contributed by atoms with E-state index in [0.717, 1.165) is 21.2 Å². The molecule has 0 fully saturated rings. The highest BCUT2D eigenvalue weighted by atomic mass is 79.9. The zero-order valence-corrected chi connectivity index (χ0v) is 12.0. The van der Waals surface area contributed by atoms with E-state index in [1.165, 1.54) is 0 Å². The molecule has 3 aromatic rings. The number of benzene rings is 1. The highest BCUT2D eigenvalue weighted by Crippen LogP contribution is 2.23. The number of halogens is 1. The lowest BCUT2D eigenvalue weighted by molar-refractivity contribution is 1.08. The number of pyridine rings is 1. The number of nitriles is 1. The Balaban J connectivity index is 2.14. The molecule has 5 nitrogen and oxygen atoms in total. The van der Waals surface area contributed by atoms with Gasteiger partial charge in [-0.1, -0.05) is 12.1 Å². The maximum Gasteiger partial charge on any atom is 0.207 e. The van der Waals surface area contributed by atoms with E-state index >= 15 is 0 Å². The Labute approximate surface area is 123 Å². The van der Waals surface area contributed by atoms with E-state index in [0.29, 0.717) is 18.0 Å². The first-order chi connectivity index (χ1) is 9.69. The molecule has 0 unspecified atom stereocenters. The van der Waals surface area contributed by atoms with Gasteiger partial charge < -0.3 is 5.73 Å². The van der Waals surface area contributed by atoms with Gasteiger partial charge in [0, 0.05) is 10.7 Å². The second-order valence-corrected chi connectivity index (χ2v) is 5.22. The van der Waals surface area contributed by atoms with Crippen LogP contribution in [0.1, 0.15) is 5.56 Å². The van der Waals surface area contributed by atoms with Crippen LogP contribution in [0.25, 0.3) is 16.9 Å². The third kappa shape index (κ3) is 2.12. The molecule has 0 aliphatic carbocycles. The van der Waals surface area contributed by atoms with Crippen molar-refractivity contribution in [1.82, 2.24) is 14.5 Å². The van der Waals surface area contributed by atoms with Crippen LogP contribution < -0.4 is 5.73 Å². The monoisotopic (exact) mass is 327 g/mol. The Kier molecular flexibility index (Phi) is 3.12. The maximum atomic E-state index is 8.68. The summed E-state index contributed by atoms with van der Waals surface area (Å²) in [6.45, 7) is 0. The number of nitrogens with two attached hydrogens (primary N) is 1. The lowest BCUT2D eigenvalue weighted by Gasteiger charge is -2.06. The molecule has 2 aromatic heterocycles. The van der Waals surface area contributed by atoms with Crippen LogP contribution >= 0.6 is 15.9 Å². The van der Waals surface area contributed by atoms with Gasteiger partial charge in [-0.3, -0.25) is 4.57 Å². The Hall–Kier alpha value is -2.39. The molecule has 0 aliphatic rings. The topological polar surface area (TPSA) is 80.5 Å². The van der Waals surface area contributed by atoms with Gasteiger partial charge in [-0.15, -0.1) is 0 Å². The number of anilines is 1. The van der Waals surface area contributed by atoms with Crippen molar-refractivity contribution in [1.29, 1.82) is 5.26 Å². The van der Waals surface area contributed by atoms with Gasteiger partial charge in [0.2, 0.25) is 5.95 Å². The van der Waals surface area contributed by atoms with Gasteiger partial charge in [0.15, 0.2) is 5.65 Å². The molecule has 0 amide bonds. The van der Waals surface area contributed by atoms with Crippen LogP contribution in [0.3, 0.4) is 0 Å². The van der Waals surface area contributed by atoms with E-state index in [4.69, 9.17) is 11.0 Å². The molecule has 3 rings (SSSR count). The Bertz CT molecular complexity index is 814. The number of nitrogen functional groups attached to an aromatic ring is 1. The molecule has 0 saturated heterocycles. The lowest BCUT2D eigenvalue weighted by atomic mass is 10.1. The summed E-state index contributed by atoms with van der Waals surface area (Å²) in [7, 11) is 0. The predicted molar refractivity (Wildman–Crippen MR) is 80.3 cm³/mol. The van der Waals surface area contributed by atoms with Crippen LogP contribution in [0, 0.1) is 11.3 Å². The van der Waals surface area contributed by atoms with Crippen molar-refractivity contribution in [3.8, 4) is 11.8 Å². The molecule has 0 aliphatic heterocycles. The zero-order valence-electron chi connectivity index (χ0n) is 10.4. The molecule has 98 valence electrons. The fourth-order valence-corrected chi connectivity index (χ4v) is 2.39. The fraction of sp³-hybridized carbons (Fsp3) is 0.0714. The molecule has 20 heavy (non-hydrogen) atoms. The van der Waals surface area contributed by atoms with Crippen molar-refractivity contribution in [2.75, 3.05) is 5.73 Å². The average molecular weight is 328 g/mol. The molecule has 1 aromatic carbocycles. The minimum atomic E-state index is 0.388. The second kappa shape index (κ2) is 4.94. The van der Waals surface area contributed by atoms with Gasteiger partial charge in [-0.25, -0.2) is 9.97 Å². The highest BCUT2D eigenvalue weighted by Gasteiger charge is 2.11. The number of imidazole rings is 1. The largest absolute Gasteiger partial charge is 0.369 e. The first-order valence-corrected chi connectivity index (χ1v) is 6.74. The molecule has 0 spiro atoms. The normalized spacial score (nSPS) is 10.6. The summed E-state index contributed by atoms with van der Waals surface area (Å²) in [5, 5.41) is 8.68. The predicted octanol–water partition coefficient (Wildman–Crippen LogP) is 2.83. The molecular formula is C14H10BrN5. The summed E-state index contributed by atoms with van der Waals surface area (Å²) in [4.78, 5) is 8.66. The number of aromatic nitrogens is 3. The van der Waals surface area contributed by atoms with Crippen molar-refractivity contribution in [2.45, 2.75) is 6.42 Å². The summed E-state index contributed by atoms with van der Waals surface area (Å²) in [6, 6.07) is 11.6. The second-order valence-electron chi connectivity index (χ2n) is 4.30. The Morgan fingerprint density at radius 1 is 1.30 bits per heavy atom. The quantitative estimate of drug-likeness (QED) is 0.784. The number of hydrogen-bond donors (Lipinski definition) is 1. The van der Waals surface area contributed by atoms with Crippen LogP contribution in [-0.4, -0.2) is 14.5 Å².